The van der Waals surface area contributed by atoms with Crippen molar-refractivity contribution in [3.8, 4) is 0 Å². The number of azo groups is 1. The minimum Gasteiger partial charge on any atom is -0.359 e. The molecule has 0 bridgehead atoms. The van der Waals surface area contributed by atoms with Gasteiger partial charge in [0, 0.05) is 17.1 Å². The summed E-state index contributed by atoms with van der Waals surface area (Å²) < 4.78 is 37.3. The molecule has 0 aliphatic heterocycles. The van der Waals surface area contributed by atoms with E-state index in [-0.39, 0.29) is 0 Å². The van der Waals surface area contributed by atoms with Gasteiger partial charge in [-0.1, -0.05) is 18.2 Å². The lowest BCUT2D eigenvalue weighted by Crippen LogP contribution is -2.03. The molecule has 1 N–H and O–H groups in total. The fraction of sp³-hybridized carbons (Fsp3) is 0.0667. The molecule has 3 rings (SSSR count). The Balaban J connectivity index is 1.86. The second-order valence-corrected chi connectivity index (χ2v) is 4.46. The van der Waals surface area contributed by atoms with Gasteiger partial charge in [-0.2, -0.15) is 18.3 Å². The molecule has 0 amide bonds. The van der Waals surface area contributed by atoms with E-state index in [1.54, 1.807) is 6.20 Å². The third-order valence-corrected chi connectivity index (χ3v) is 3.04. The molecule has 0 fully saturated rings. The summed E-state index contributed by atoms with van der Waals surface area (Å²) in [5, 5.41) is 8.94. The quantitative estimate of drug-likeness (QED) is 0.596. The number of nitrogens with one attached hydrogen (secondary N) is 1. The van der Waals surface area contributed by atoms with Crippen LogP contribution in [0, 0.1) is 0 Å². The van der Waals surface area contributed by atoms with E-state index in [0.717, 1.165) is 23.0 Å². The third-order valence-electron chi connectivity index (χ3n) is 3.04. The molecule has 21 heavy (non-hydrogen) atoms. The van der Waals surface area contributed by atoms with Gasteiger partial charge in [-0.3, -0.25) is 0 Å². The van der Waals surface area contributed by atoms with E-state index in [1.807, 2.05) is 24.3 Å². The van der Waals surface area contributed by atoms with E-state index in [1.165, 1.54) is 12.1 Å². The van der Waals surface area contributed by atoms with Crippen LogP contribution in [0.4, 0.5) is 24.5 Å². The molecule has 2 aromatic carbocycles. The summed E-state index contributed by atoms with van der Waals surface area (Å²) in [5.41, 5.74) is 1.24. The van der Waals surface area contributed by atoms with Crippen LogP contribution in [-0.4, -0.2) is 4.98 Å². The lowest BCUT2D eigenvalue weighted by atomic mass is 10.2. The zero-order valence-electron chi connectivity index (χ0n) is 10.7. The summed E-state index contributed by atoms with van der Waals surface area (Å²) in [6.07, 6.45) is -2.63. The maximum atomic E-state index is 12.4. The summed E-state index contributed by atoms with van der Waals surface area (Å²) in [7, 11) is 0. The van der Waals surface area contributed by atoms with Gasteiger partial charge in [-0.25, -0.2) is 0 Å². The van der Waals surface area contributed by atoms with Crippen molar-refractivity contribution in [2.45, 2.75) is 6.18 Å². The average molecular weight is 289 g/mol. The fourth-order valence-electron chi connectivity index (χ4n) is 1.97. The van der Waals surface area contributed by atoms with Crippen LogP contribution in [-0.2, 0) is 6.18 Å². The largest absolute Gasteiger partial charge is 0.416 e. The number of aromatic nitrogens is 1. The molecule has 0 unspecified atom stereocenters. The standard InChI is InChI=1S/C15H10F3N3/c16-15(17,18)10-5-7-11(8-6-10)20-21-14-9-19-13-4-2-1-3-12(13)14/h1-9,19H. The van der Waals surface area contributed by atoms with Crippen molar-refractivity contribution in [3.63, 3.8) is 0 Å². The lowest BCUT2D eigenvalue weighted by molar-refractivity contribution is -0.137. The van der Waals surface area contributed by atoms with Gasteiger partial charge >= 0.3 is 6.18 Å². The van der Waals surface area contributed by atoms with E-state index in [2.05, 4.69) is 15.2 Å². The van der Waals surface area contributed by atoms with E-state index in [0.29, 0.717) is 11.4 Å². The van der Waals surface area contributed by atoms with Crippen molar-refractivity contribution in [2.75, 3.05) is 0 Å². The molecule has 0 saturated carbocycles. The van der Waals surface area contributed by atoms with E-state index >= 15 is 0 Å². The Bertz CT molecular complexity index is 786. The highest BCUT2D eigenvalue weighted by molar-refractivity contribution is 5.90. The molecule has 0 radical (unpaired) electrons. The number of H-pyrrole nitrogens is 1. The predicted octanol–water partition coefficient (Wildman–Crippen LogP) is 5.60. The van der Waals surface area contributed by atoms with Crippen LogP contribution < -0.4 is 0 Å². The molecule has 3 nitrogen and oxygen atoms in total. The highest BCUT2D eigenvalue weighted by Gasteiger charge is 2.29. The molecule has 0 spiro atoms. The molecule has 0 aliphatic rings. The fourth-order valence-corrected chi connectivity index (χ4v) is 1.97. The molecule has 1 aromatic heterocycles. The zero-order chi connectivity index (χ0) is 14.9. The van der Waals surface area contributed by atoms with E-state index < -0.39 is 11.7 Å². The maximum Gasteiger partial charge on any atom is 0.416 e. The van der Waals surface area contributed by atoms with Gasteiger partial charge in [-0.15, -0.1) is 5.11 Å². The van der Waals surface area contributed by atoms with Crippen LogP contribution in [0.5, 0.6) is 0 Å². The van der Waals surface area contributed by atoms with Gasteiger partial charge in [0.25, 0.3) is 0 Å². The molecule has 3 aromatic rings. The van der Waals surface area contributed by atoms with Crippen LogP contribution in [0.25, 0.3) is 10.9 Å². The van der Waals surface area contributed by atoms with E-state index in [4.69, 9.17) is 0 Å². The van der Waals surface area contributed by atoms with Crippen molar-refractivity contribution in [1.29, 1.82) is 0 Å². The average Bonchev–Trinajstić information content (AvgIpc) is 2.88. The predicted molar refractivity (Wildman–Crippen MR) is 73.9 cm³/mol. The van der Waals surface area contributed by atoms with Crippen LogP contribution in [0.3, 0.4) is 0 Å². The maximum absolute atomic E-state index is 12.4. The summed E-state index contributed by atoms with van der Waals surface area (Å²) in [6.45, 7) is 0. The first-order chi connectivity index (χ1) is 10.0. The number of nitrogens with zero attached hydrogens (tertiary/aromatic N) is 2. The topological polar surface area (TPSA) is 40.5 Å². The smallest absolute Gasteiger partial charge is 0.359 e. The van der Waals surface area contributed by atoms with Crippen molar-refractivity contribution >= 4 is 22.3 Å². The number of alkyl halides is 3. The van der Waals surface area contributed by atoms with Crippen molar-refractivity contribution in [2.24, 2.45) is 10.2 Å². The second kappa shape index (κ2) is 5.05. The number of aromatic amines is 1. The number of hydrogen-bond acceptors (Lipinski definition) is 2. The lowest BCUT2D eigenvalue weighted by Gasteiger charge is -2.05. The van der Waals surface area contributed by atoms with Crippen LogP contribution in [0.2, 0.25) is 0 Å². The number of rotatable bonds is 2. The second-order valence-electron chi connectivity index (χ2n) is 4.46. The molecular formula is C15H10F3N3. The molecule has 106 valence electrons. The first-order valence-corrected chi connectivity index (χ1v) is 6.19. The summed E-state index contributed by atoms with van der Waals surface area (Å²) in [4.78, 5) is 3.05. The number of para-hydroxylation sites is 1. The van der Waals surface area contributed by atoms with Gasteiger partial charge in [0.15, 0.2) is 0 Å². The Morgan fingerprint density at radius 2 is 1.57 bits per heavy atom. The summed E-state index contributed by atoms with van der Waals surface area (Å²) in [6, 6.07) is 12.2. The third kappa shape index (κ3) is 2.79. The van der Waals surface area contributed by atoms with Gasteiger partial charge in [0.05, 0.1) is 11.3 Å². The Labute approximate surface area is 118 Å². The SMILES string of the molecule is FC(F)(F)c1ccc(N=Nc2c[nH]c3ccccc23)cc1. The summed E-state index contributed by atoms with van der Waals surface area (Å²) >= 11 is 0. The first kappa shape index (κ1) is 13.4. The van der Waals surface area contributed by atoms with Crippen molar-refractivity contribution in [1.82, 2.24) is 4.98 Å². The molecule has 0 atom stereocenters. The van der Waals surface area contributed by atoms with Crippen LogP contribution in [0.15, 0.2) is 65.0 Å². The van der Waals surface area contributed by atoms with Crippen molar-refractivity contribution < 1.29 is 13.2 Å². The first-order valence-electron chi connectivity index (χ1n) is 6.19. The van der Waals surface area contributed by atoms with Gasteiger partial charge in [-0.05, 0) is 30.3 Å². The molecule has 1 heterocycles. The van der Waals surface area contributed by atoms with Gasteiger partial charge < -0.3 is 4.98 Å². The number of halogens is 3. The van der Waals surface area contributed by atoms with Crippen molar-refractivity contribution in [3.05, 3.63) is 60.3 Å². The van der Waals surface area contributed by atoms with Crippen LogP contribution in [0.1, 0.15) is 5.56 Å². The Morgan fingerprint density at radius 1 is 0.857 bits per heavy atom. The van der Waals surface area contributed by atoms with Gasteiger partial charge in [0.2, 0.25) is 0 Å². The number of benzene rings is 2. The molecular weight excluding hydrogens is 279 g/mol. The Kier molecular flexibility index (Phi) is 3.21. The zero-order valence-corrected chi connectivity index (χ0v) is 10.7. The molecule has 0 saturated heterocycles. The van der Waals surface area contributed by atoms with Crippen LogP contribution >= 0.6 is 0 Å². The summed E-state index contributed by atoms with van der Waals surface area (Å²) in [5.74, 6) is 0. The Hall–Kier alpha value is -2.63. The monoisotopic (exact) mass is 289 g/mol. The number of hydrogen-bond donors (Lipinski definition) is 1. The molecule has 6 heteroatoms. The van der Waals surface area contributed by atoms with E-state index in [9.17, 15) is 13.2 Å². The van der Waals surface area contributed by atoms with Gasteiger partial charge in [0.1, 0.15) is 5.69 Å². The molecule has 0 aliphatic carbocycles. The highest BCUT2D eigenvalue weighted by Crippen LogP contribution is 2.31. The normalized spacial score (nSPS) is 12.3. The minimum atomic E-state index is -4.34. The highest BCUT2D eigenvalue weighted by atomic mass is 19.4. The Morgan fingerprint density at radius 3 is 2.29 bits per heavy atom. The number of fused-ring (bicyclic) bond motifs is 1. The minimum absolute atomic E-state index is 0.369.